The van der Waals surface area contributed by atoms with Gasteiger partial charge in [0.25, 0.3) is 0 Å². The van der Waals surface area contributed by atoms with E-state index in [0.717, 1.165) is 30.7 Å². The van der Waals surface area contributed by atoms with E-state index >= 15 is 0 Å². The molecule has 36 heavy (non-hydrogen) atoms. The van der Waals surface area contributed by atoms with Crippen LogP contribution in [0.25, 0.3) is 25.3 Å². The number of hydrogen-bond acceptors (Lipinski definition) is 6. The Bertz CT molecular complexity index is 1570. The number of nitrogens with zero attached hydrogens (tertiary/aromatic N) is 1. The topological polar surface area (TPSA) is 69.6 Å². The highest BCUT2D eigenvalue weighted by Crippen LogP contribution is 2.42. The smallest absolute Gasteiger partial charge is 0.412 e. The van der Waals surface area contributed by atoms with Gasteiger partial charge in [0.1, 0.15) is 17.9 Å². The largest absolute Gasteiger partial charge is 0.456 e. The SMILES string of the molecule is Cc1cccc(NC(=O)OC(C)(C)C)c1-n1c(C(=O)OCc2ccccc2)cc2sc3ccsc3c21. The Hall–Kier alpha value is -3.62. The summed E-state index contributed by atoms with van der Waals surface area (Å²) in [5, 5.41) is 4.94. The van der Waals surface area contributed by atoms with Gasteiger partial charge in [-0.2, -0.15) is 0 Å². The molecular formula is C28H26N2O4S2. The molecule has 0 bridgehead atoms. The first-order valence-electron chi connectivity index (χ1n) is 11.5. The molecule has 5 aromatic rings. The number of aryl methyl sites for hydroxylation is 1. The van der Waals surface area contributed by atoms with Crippen LogP contribution in [0.3, 0.4) is 0 Å². The van der Waals surface area contributed by atoms with Crippen molar-refractivity contribution in [1.29, 1.82) is 0 Å². The molecule has 0 aliphatic rings. The van der Waals surface area contributed by atoms with Crippen LogP contribution >= 0.6 is 22.7 Å². The minimum atomic E-state index is -0.641. The summed E-state index contributed by atoms with van der Waals surface area (Å²) in [6.45, 7) is 7.58. The number of aromatic nitrogens is 1. The molecule has 0 aliphatic carbocycles. The van der Waals surface area contributed by atoms with Crippen molar-refractivity contribution < 1.29 is 19.1 Å². The van der Waals surface area contributed by atoms with Crippen LogP contribution in [0.1, 0.15) is 42.4 Å². The standard InChI is InChI=1S/C28H26N2O4S2/c1-17-9-8-12-19(29-27(32)34-28(2,3)4)23(17)30-20(26(31)33-16-18-10-6-5-7-11-18)15-22-24(30)25-21(36-22)13-14-35-25/h5-15H,16H2,1-4H3,(H,29,32). The highest BCUT2D eigenvalue weighted by Gasteiger charge is 2.26. The fourth-order valence-corrected chi connectivity index (χ4v) is 6.38. The Morgan fingerprint density at radius 1 is 1.00 bits per heavy atom. The maximum absolute atomic E-state index is 13.4. The Kier molecular flexibility index (Phi) is 6.32. The maximum Gasteiger partial charge on any atom is 0.412 e. The number of benzene rings is 2. The highest BCUT2D eigenvalue weighted by atomic mass is 32.1. The number of thiophene rings is 2. The predicted molar refractivity (Wildman–Crippen MR) is 147 cm³/mol. The summed E-state index contributed by atoms with van der Waals surface area (Å²) in [6.07, 6.45) is -0.558. The molecule has 2 aromatic carbocycles. The second-order valence-corrected chi connectivity index (χ2v) is 11.5. The van der Waals surface area contributed by atoms with Crippen LogP contribution in [0.4, 0.5) is 10.5 Å². The van der Waals surface area contributed by atoms with Gasteiger partial charge < -0.3 is 9.47 Å². The zero-order valence-electron chi connectivity index (χ0n) is 20.5. The van der Waals surface area contributed by atoms with Crippen LogP contribution in [-0.2, 0) is 16.1 Å². The summed E-state index contributed by atoms with van der Waals surface area (Å²) >= 11 is 3.26. The number of amides is 1. The first kappa shape index (κ1) is 24.1. The van der Waals surface area contributed by atoms with Gasteiger partial charge in [-0.3, -0.25) is 9.88 Å². The van der Waals surface area contributed by atoms with Gasteiger partial charge in [-0.25, -0.2) is 9.59 Å². The molecule has 0 radical (unpaired) electrons. The van der Waals surface area contributed by atoms with Crippen molar-refractivity contribution in [2.45, 2.75) is 39.9 Å². The van der Waals surface area contributed by atoms with Gasteiger partial charge in [-0.05, 0) is 62.4 Å². The van der Waals surface area contributed by atoms with E-state index < -0.39 is 17.7 Å². The molecule has 0 fully saturated rings. The van der Waals surface area contributed by atoms with Gasteiger partial charge in [0.2, 0.25) is 0 Å². The molecule has 1 N–H and O–H groups in total. The third-order valence-electron chi connectivity index (χ3n) is 5.55. The Balaban J connectivity index is 1.63. The molecule has 0 spiro atoms. The summed E-state index contributed by atoms with van der Waals surface area (Å²) in [5.41, 5.74) is 3.76. The van der Waals surface area contributed by atoms with E-state index in [1.165, 1.54) is 0 Å². The van der Waals surface area contributed by atoms with Crippen molar-refractivity contribution >= 4 is 60.0 Å². The average molecular weight is 519 g/mol. The molecule has 3 aromatic heterocycles. The lowest BCUT2D eigenvalue weighted by molar-refractivity contribution is 0.0463. The summed E-state index contributed by atoms with van der Waals surface area (Å²) in [4.78, 5) is 26.1. The highest BCUT2D eigenvalue weighted by molar-refractivity contribution is 7.32. The Morgan fingerprint density at radius 3 is 2.53 bits per heavy atom. The van der Waals surface area contributed by atoms with Gasteiger partial charge in [0, 0.05) is 4.70 Å². The lowest BCUT2D eigenvalue weighted by Gasteiger charge is -2.22. The number of hydrogen-bond donors (Lipinski definition) is 1. The minimum absolute atomic E-state index is 0.170. The molecule has 6 nitrogen and oxygen atoms in total. The molecule has 3 heterocycles. The number of esters is 1. The number of fused-ring (bicyclic) bond motifs is 3. The van der Waals surface area contributed by atoms with Crippen molar-refractivity contribution in [1.82, 2.24) is 4.57 Å². The summed E-state index contributed by atoms with van der Waals surface area (Å²) in [7, 11) is 0. The van der Waals surface area contributed by atoms with Crippen LogP contribution in [0.15, 0.2) is 66.0 Å². The van der Waals surface area contributed by atoms with E-state index in [-0.39, 0.29) is 6.61 Å². The molecule has 0 atom stereocenters. The van der Waals surface area contributed by atoms with Gasteiger partial charge in [0.05, 0.1) is 26.3 Å². The number of carbonyl (C=O) groups is 2. The summed E-state index contributed by atoms with van der Waals surface area (Å²) < 4.78 is 16.4. The van der Waals surface area contributed by atoms with Gasteiger partial charge in [-0.1, -0.05) is 42.5 Å². The quantitative estimate of drug-likeness (QED) is 0.240. The van der Waals surface area contributed by atoms with E-state index in [1.807, 2.05) is 92.2 Å². The van der Waals surface area contributed by atoms with Crippen molar-refractivity contribution in [3.63, 3.8) is 0 Å². The molecule has 8 heteroatoms. The fraction of sp³-hybridized carbons (Fsp3) is 0.214. The van der Waals surface area contributed by atoms with E-state index in [4.69, 9.17) is 9.47 Å². The first-order valence-corrected chi connectivity index (χ1v) is 13.2. The number of carbonyl (C=O) groups excluding carboxylic acids is 2. The normalized spacial score (nSPS) is 11.7. The summed E-state index contributed by atoms with van der Waals surface area (Å²) in [5.74, 6) is -0.432. The van der Waals surface area contributed by atoms with Crippen LogP contribution in [-0.4, -0.2) is 22.2 Å². The van der Waals surface area contributed by atoms with E-state index in [0.29, 0.717) is 17.1 Å². The Labute approximate surface area is 217 Å². The zero-order chi connectivity index (χ0) is 25.4. The molecule has 0 aliphatic heterocycles. The lowest BCUT2D eigenvalue weighted by atomic mass is 10.1. The molecule has 0 saturated carbocycles. The van der Waals surface area contributed by atoms with E-state index in [1.54, 1.807) is 22.7 Å². The third-order valence-corrected chi connectivity index (χ3v) is 7.69. The molecule has 0 saturated heterocycles. The number of ether oxygens (including phenoxy) is 2. The average Bonchev–Trinajstić information content (AvgIpc) is 3.49. The number of nitrogens with one attached hydrogen (secondary N) is 1. The zero-order valence-corrected chi connectivity index (χ0v) is 22.1. The van der Waals surface area contributed by atoms with Gasteiger partial charge >= 0.3 is 12.1 Å². The Morgan fingerprint density at radius 2 is 1.78 bits per heavy atom. The predicted octanol–water partition coefficient (Wildman–Crippen LogP) is 7.92. The number of anilines is 1. The van der Waals surface area contributed by atoms with Crippen molar-refractivity contribution in [2.24, 2.45) is 0 Å². The van der Waals surface area contributed by atoms with Crippen LogP contribution in [0.2, 0.25) is 0 Å². The van der Waals surface area contributed by atoms with E-state index in [2.05, 4.69) is 11.4 Å². The van der Waals surface area contributed by atoms with E-state index in [9.17, 15) is 9.59 Å². The first-order chi connectivity index (χ1) is 17.2. The number of rotatable bonds is 5. The summed E-state index contributed by atoms with van der Waals surface area (Å²) in [6, 6.07) is 19.2. The molecule has 0 unspecified atom stereocenters. The van der Waals surface area contributed by atoms with Crippen molar-refractivity contribution in [2.75, 3.05) is 5.32 Å². The molecule has 184 valence electrons. The second kappa shape index (κ2) is 9.44. The van der Waals surface area contributed by atoms with Gasteiger partial charge in [0.15, 0.2) is 0 Å². The molecule has 5 rings (SSSR count). The molecular weight excluding hydrogens is 492 g/mol. The lowest BCUT2D eigenvalue weighted by Crippen LogP contribution is -2.27. The van der Waals surface area contributed by atoms with Crippen LogP contribution in [0.5, 0.6) is 0 Å². The van der Waals surface area contributed by atoms with Crippen molar-refractivity contribution in [3.8, 4) is 5.69 Å². The fourth-order valence-electron chi connectivity index (χ4n) is 4.10. The van der Waals surface area contributed by atoms with Gasteiger partial charge in [-0.15, -0.1) is 22.7 Å². The maximum atomic E-state index is 13.4. The molecule has 1 amide bonds. The van der Waals surface area contributed by atoms with Crippen LogP contribution < -0.4 is 5.32 Å². The third kappa shape index (κ3) is 4.74. The monoisotopic (exact) mass is 518 g/mol. The van der Waals surface area contributed by atoms with Crippen molar-refractivity contribution in [3.05, 3.63) is 82.9 Å². The number of para-hydroxylation sites is 1. The second-order valence-electron chi connectivity index (χ2n) is 9.45. The minimum Gasteiger partial charge on any atom is -0.456 e. The van der Waals surface area contributed by atoms with Crippen LogP contribution in [0, 0.1) is 6.92 Å².